The van der Waals surface area contributed by atoms with Crippen molar-refractivity contribution in [1.29, 1.82) is 0 Å². The Balaban J connectivity index is 2.19. The lowest BCUT2D eigenvalue weighted by Gasteiger charge is -2.19. The van der Waals surface area contributed by atoms with E-state index in [1.54, 1.807) is 11.8 Å². The van der Waals surface area contributed by atoms with Gasteiger partial charge in [0.05, 0.1) is 0 Å². The van der Waals surface area contributed by atoms with E-state index in [0.29, 0.717) is 24.6 Å². The molecular weight excluding hydrogens is 246 g/mol. The van der Waals surface area contributed by atoms with Crippen LogP contribution in [0.4, 0.5) is 0 Å². The van der Waals surface area contributed by atoms with E-state index in [4.69, 9.17) is 9.52 Å². The van der Waals surface area contributed by atoms with Crippen molar-refractivity contribution in [2.75, 3.05) is 13.1 Å². The third kappa shape index (κ3) is 2.97. The van der Waals surface area contributed by atoms with E-state index in [0.717, 1.165) is 6.54 Å². The van der Waals surface area contributed by atoms with E-state index in [1.165, 1.54) is 18.9 Å². The number of hydrogen-bond acceptors (Lipinski definition) is 3. The fourth-order valence-electron chi connectivity index (χ4n) is 2.10. The molecule has 1 heterocycles. The quantitative estimate of drug-likeness (QED) is 0.857. The molecule has 1 aliphatic carbocycles. The number of hydrogen-bond donors (Lipinski definition) is 1. The molecule has 1 aromatic heterocycles. The van der Waals surface area contributed by atoms with Crippen molar-refractivity contribution in [3.63, 3.8) is 0 Å². The monoisotopic (exact) mass is 265 g/mol. The smallest absolute Gasteiger partial charge is 0.339 e. The number of aromatic carboxylic acids is 1. The predicted octanol–water partition coefficient (Wildman–Crippen LogP) is 2.41. The molecule has 2 rings (SSSR count). The minimum Gasteiger partial charge on any atom is -0.478 e. The molecule has 1 aliphatic rings. The van der Waals surface area contributed by atoms with Crippen molar-refractivity contribution in [3.8, 4) is 0 Å². The molecule has 0 saturated heterocycles. The number of furan rings is 1. The van der Waals surface area contributed by atoms with Crippen LogP contribution in [-0.4, -0.2) is 35.0 Å². The zero-order valence-corrected chi connectivity index (χ0v) is 11.3. The second-order valence-corrected chi connectivity index (χ2v) is 4.89. The Bertz CT molecular complexity index is 488. The van der Waals surface area contributed by atoms with Gasteiger partial charge in [0.1, 0.15) is 11.3 Å². The number of nitrogens with zero attached hydrogens (tertiary/aromatic N) is 1. The predicted molar refractivity (Wildman–Crippen MR) is 69.3 cm³/mol. The molecule has 1 fully saturated rings. The first-order valence-electron chi connectivity index (χ1n) is 6.72. The van der Waals surface area contributed by atoms with Crippen molar-refractivity contribution in [3.05, 3.63) is 23.2 Å². The molecule has 5 heteroatoms. The van der Waals surface area contributed by atoms with Crippen molar-refractivity contribution in [1.82, 2.24) is 4.90 Å². The fourth-order valence-corrected chi connectivity index (χ4v) is 2.10. The van der Waals surface area contributed by atoms with Crippen LogP contribution < -0.4 is 0 Å². The van der Waals surface area contributed by atoms with E-state index in [1.807, 2.05) is 6.92 Å². The summed E-state index contributed by atoms with van der Waals surface area (Å²) in [6, 6.07) is 1.35. The number of aryl methyl sites for hydroxylation is 1. The first-order chi connectivity index (χ1) is 9.06. The summed E-state index contributed by atoms with van der Waals surface area (Å²) in [4.78, 5) is 25.1. The molecule has 1 N–H and O–H groups in total. The Hall–Kier alpha value is -1.78. The van der Waals surface area contributed by atoms with Crippen molar-refractivity contribution in [2.45, 2.75) is 33.1 Å². The highest BCUT2D eigenvalue weighted by Crippen LogP contribution is 2.30. The molecule has 1 aromatic rings. The fraction of sp³-hybridized carbons (Fsp3) is 0.571. The lowest BCUT2D eigenvalue weighted by atomic mass is 10.2. The number of carboxylic acid groups (broad SMARTS) is 1. The highest BCUT2D eigenvalue weighted by molar-refractivity contribution is 5.96. The van der Waals surface area contributed by atoms with Crippen LogP contribution in [0.15, 0.2) is 10.5 Å². The minimum atomic E-state index is -1.05. The van der Waals surface area contributed by atoms with E-state index < -0.39 is 5.97 Å². The van der Waals surface area contributed by atoms with E-state index in [-0.39, 0.29) is 17.2 Å². The van der Waals surface area contributed by atoms with Gasteiger partial charge in [0.2, 0.25) is 0 Å². The number of carbonyl (C=O) groups excluding carboxylic acids is 1. The zero-order valence-electron chi connectivity index (χ0n) is 11.3. The van der Waals surface area contributed by atoms with Crippen molar-refractivity contribution in [2.24, 2.45) is 5.92 Å². The molecule has 0 spiro atoms. The Morgan fingerprint density at radius 2 is 2.11 bits per heavy atom. The second-order valence-electron chi connectivity index (χ2n) is 4.89. The average Bonchev–Trinajstić information content (AvgIpc) is 3.10. The van der Waals surface area contributed by atoms with E-state index in [2.05, 4.69) is 0 Å². The summed E-state index contributed by atoms with van der Waals surface area (Å²) in [5, 5.41) is 9.06. The lowest BCUT2D eigenvalue weighted by molar-refractivity contribution is 0.0691. The number of carbonyl (C=O) groups is 2. The van der Waals surface area contributed by atoms with Crippen LogP contribution in [0.5, 0.6) is 0 Å². The third-order valence-electron chi connectivity index (χ3n) is 3.42. The van der Waals surface area contributed by atoms with Crippen LogP contribution >= 0.6 is 0 Å². The van der Waals surface area contributed by atoms with Gasteiger partial charge in [0, 0.05) is 25.6 Å². The molecule has 1 saturated carbocycles. The maximum Gasteiger partial charge on any atom is 0.339 e. The number of rotatable bonds is 6. The number of amides is 1. The molecule has 0 aliphatic heterocycles. The van der Waals surface area contributed by atoms with E-state index >= 15 is 0 Å². The van der Waals surface area contributed by atoms with Gasteiger partial charge in [-0.05, 0) is 25.7 Å². The van der Waals surface area contributed by atoms with Crippen LogP contribution in [0.1, 0.15) is 53.4 Å². The molecule has 0 unspecified atom stereocenters. The third-order valence-corrected chi connectivity index (χ3v) is 3.42. The highest BCUT2D eigenvalue weighted by atomic mass is 16.4. The van der Waals surface area contributed by atoms with Crippen LogP contribution in [0.25, 0.3) is 0 Å². The Morgan fingerprint density at radius 1 is 1.42 bits per heavy atom. The van der Waals surface area contributed by atoms with Gasteiger partial charge in [-0.15, -0.1) is 0 Å². The molecule has 0 aromatic carbocycles. The van der Waals surface area contributed by atoms with Gasteiger partial charge in [0.15, 0.2) is 5.76 Å². The van der Waals surface area contributed by atoms with Crippen molar-refractivity contribution < 1.29 is 19.1 Å². The Labute approximate surface area is 112 Å². The molecule has 0 atom stereocenters. The maximum absolute atomic E-state index is 12.3. The molecule has 19 heavy (non-hydrogen) atoms. The normalized spacial score (nSPS) is 14.4. The Kier molecular flexibility index (Phi) is 3.93. The van der Waals surface area contributed by atoms with Gasteiger partial charge >= 0.3 is 5.97 Å². The largest absolute Gasteiger partial charge is 0.478 e. The lowest BCUT2D eigenvalue weighted by Crippen LogP contribution is -2.32. The second kappa shape index (κ2) is 5.47. The summed E-state index contributed by atoms with van der Waals surface area (Å²) in [6.07, 6.45) is 2.80. The summed E-state index contributed by atoms with van der Waals surface area (Å²) in [5.41, 5.74) is 0.0910. The first-order valence-corrected chi connectivity index (χ1v) is 6.72. The molecule has 0 radical (unpaired) electrons. The Morgan fingerprint density at radius 3 is 2.53 bits per heavy atom. The van der Waals surface area contributed by atoms with Gasteiger partial charge in [-0.25, -0.2) is 4.79 Å². The molecule has 1 amide bonds. The van der Waals surface area contributed by atoms with Gasteiger partial charge in [-0.3, -0.25) is 4.79 Å². The van der Waals surface area contributed by atoms with Crippen LogP contribution in [0, 0.1) is 5.92 Å². The average molecular weight is 265 g/mol. The van der Waals surface area contributed by atoms with Crippen molar-refractivity contribution >= 4 is 11.9 Å². The molecule has 0 bridgehead atoms. The van der Waals surface area contributed by atoms with Gasteiger partial charge in [-0.2, -0.15) is 0 Å². The molecule has 5 nitrogen and oxygen atoms in total. The maximum atomic E-state index is 12.3. The summed E-state index contributed by atoms with van der Waals surface area (Å²) in [7, 11) is 0. The number of carboxylic acids is 1. The first kappa shape index (κ1) is 13.6. The van der Waals surface area contributed by atoms with Gasteiger partial charge in [0.25, 0.3) is 5.91 Å². The molecule has 104 valence electrons. The van der Waals surface area contributed by atoms with Crippen LogP contribution in [0.3, 0.4) is 0 Å². The summed E-state index contributed by atoms with van der Waals surface area (Å²) in [5.74, 6) is -0.167. The van der Waals surface area contributed by atoms with Crippen LogP contribution in [0.2, 0.25) is 0 Å². The zero-order chi connectivity index (χ0) is 14.0. The van der Waals surface area contributed by atoms with Gasteiger partial charge < -0.3 is 14.4 Å². The summed E-state index contributed by atoms with van der Waals surface area (Å²) < 4.78 is 5.40. The van der Waals surface area contributed by atoms with Crippen LogP contribution in [-0.2, 0) is 6.42 Å². The SMILES string of the molecule is CCc1oc(C(=O)N(CC)CC2CC2)cc1C(=O)O. The topological polar surface area (TPSA) is 70.8 Å². The van der Waals surface area contributed by atoms with E-state index in [9.17, 15) is 9.59 Å². The van der Waals surface area contributed by atoms with Gasteiger partial charge in [-0.1, -0.05) is 6.92 Å². The summed E-state index contributed by atoms with van der Waals surface area (Å²) >= 11 is 0. The standard InChI is InChI=1S/C14H19NO4/c1-3-11-10(14(17)18)7-12(19-11)13(16)15(4-2)8-9-5-6-9/h7,9H,3-6,8H2,1-2H3,(H,17,18). The minimum absolute atomic E-state index is 0.0910. The molecular formula is C14H19NO4. The summed E-state index contributed by atoms with van der Waals surface area (Å²) in [6.45, 7) is 5.07. The highest BCUT2D eigenvalue weighted by Gasteiger charge is 2.28.